The highest BCUT2D eigenvalue weighted by molar-refractivity contribution is 7.99. The number of piperidine rings is 1. The van der Waals surface area contributed by atoms with Crippen molar-refractivity contribution in [1.29, 1.82) is 0 Å². The van der Waals surface area contributed by atoms with Crippen molar-refractivity contribution < 1.29 is 27.5 Å². The van der Waals surface area contributed by atoms with Crippen LogP contribution in [-0.4, -0.2) is 58.0 Å². The number of carbonyl (C=O) groups excluding carboxylic acids is 2. The molecule has 0 aliphatic carbocycles. The summed E-state index contributed by atoms with van der Waals surface area (Å²) in [6, 6.07) is 8.70. The maximum atomic E-state index is 13.2. The Morgan fingerprint density at radius 2 is 2.00 bits per heavy atom. The standard InChI is InChI=1S/C21H24F3N3O3S/c1-2-30-19(29)16-9-6-10-26(12-16)18(28)13-31-20-25-11-17(15-7-4-3-5-8-15)27(20)14-21(22,23)24/h3-5,7-8,11,16H,2,6,9-10,12-14H2,1H3. The molecule has 31 heavy (non-hydrogen) atoms. The van der Waals surface area contributed by atoms with Crippen LogP contribution in [0.5, 0.6) is 0 Å². The number of aromatic nitrogens is 2. The second kappa shape index (κ2) is 10.2. The van der Waals surface area contributed by atoms with Gasteiger partial charge in [-0.2, -0.15) is 13.2 Å². The average molecular weight is 456 g/mol. The number of hydrogen-bond acceptors (Lipinski definition) is 5. The molecule has 1 unspecified atom stereocenters. The Bertz CT molecular complexity index is 902. The molecule has 0 spiro atoms. The molecular formula is C21H24F3N3O3S. The molecule has 3 rings (SSSR count). The monoisotopic (exact) mass is 455 g/mol. The first kappa shape index (κ1) is 23.2. The minimum absolute atomic E-state index is 0.0569. The molecule has 1 aliphatic rings. The minimum atomic E-state index is -4.43. The molecule has 1 saturated heterocycles. The number of alkyl halides is 3. The molecule has 1 atom stereocenters. The van der Waals surface area contributed by atoms with E-state index in [0.29, 0.717) is 30.6 Å². The highest BCUT2D eigenvalue weighted by atomic mass is 32.2. The van der Waals surface area contributed by atoms with Crippen molar-refractivity contribution in [2.75, 3.05) is 25.4 Å². The van der Waals surface area contributed by atoms with Gasteiger partial charge in [0.1, 0.15) is 6.54 Å². The number of halogens is 3. The van der Waals surface area contributed by atoms with Crippen molar-refractivity contribution in [2.45, 2.75) is 37.6 Å². The van der Waals surface area contributed by atoms with Gasteiger partial charge in [-0.25, -0.2) is 4.98 Å². The first-order chi connectivity index (χ1) is 14.8. The van der Waals surface area contributed by atoms with Gasteiger partial charge in [-0.05, 0) is 25.3 Å². The van der Waals surface area contributed by atoms with E-state index >= 15 is 0 Å². The summed E-state index contributed by atoms with van der Waals surface area (Å²) in [7, 11) is 0. The summed E-state index contributed by atoms with van der Waals surface area (Å²) < 4.78 is 45.7. The lowest BCUT2D eigenvalue weighted by molar-refractivity contribution is -0.151. The molecule has 6 nitrogen and oxygen atoms in total. The van der Waals surface area contributed by atoms with E-state index in [1.807, 2.05) is 0 Å². The number of esters is 1. The molecule has 0 saturated carbocycles. The molecule has 168 valence electrons. The molecule has 0 radical (unpaired) electrons. The fourth-order valence-corrected chi connectivity index (χ4v) is 4.40. The van der Waals surface area contributed by atoms with E-state index in [4.69, 9.17) is 4.74 Å². The molecule has 0 N–H and O–H groups in total. The number of rotatable bonds is 7. The Balaban J connectivity index is 1.70. The molecule has 1 aromatic carbocycles. The lowest BCUT2D eigenvalue weighted by Crippen LogP contribution is -2.43. The SMILES string of the molecule is CCOC(=O)C1CCCN(C(=O)CSc2ncc(-c3ccccc3)n2CC(F)(F)F)C1. The Morgan fingerprint density at radius 1 is 1.26 bits per heavy atom. The second-order valence-corrected chi connectivity index (χ2v) is 8.16. The maximum absolute atomic E-state index is 13.2. The Morgan fingerprint density at radius 3 is 2.68 bits per heavy atom. The third-order valence-electron chi connectivity index (χ3n) is 4.94. The molecule has 1 aliphatic heterocycles. The summed E-state index contributed by atoms with van der Waals surface area (Å²) in [5, 5.41) is 0.128. The average Bonchev–Trinajstić information content (AvgIpc) is 3.13. The quantitative estimate of drug-likeness (QED) is 0.466. The highest BCUT2D eigenvalue weighted by Crippen LogP contribution is 2.30. The first-order valence-electron chi connectivity index (χ1n) is 10.0. The van der Waals surface area contributed by atoms with Gasteiger partial charge in [-0.1, -0.05) is 42.1 Å². The lowest BCUT2D eigenvalue weighted by Gasteiger charge is -2.31. The highest BCUT2D eigenvalue weighted by Gasteiger charge is 2.32. The number of thioether (sulfide) groups is 1. The van der Waals surface area contributed by atoms with Crippen molar-refractivity contribution in [3.8, 4) is 11.3 Å². The van der Waals surface area contributed by atoms with Gasteiger partial charge in [0.2, 0.25) is 5.91 Å². The smallest absolute Gasteiger partial charge is 0.406 e. The van der Waals surface area contributed by atoms with Gasteiger partial charge >= 0.3 is 12.1 Å². The normalized spacial score (nSPS) is 16.9. The summed E-state index contributed by atoms with van der Waals surface area (Å²) in [4.78, 5) is 30.4. The van der Waals surface area contributed by atoms with E-state index in [2.05, 4.69) is 4.98 Å². The molecule has 1 aromatic heterocycles. The van der Waals surface area contributed by atoms with Gasteiger partial charge in [0.15, 0.2) is 5.16 Å². The van der Waals surface area contributed by atoms with E-state index in [1.54, 1.807) is 42.2 Å². The van der Waals surface area contributed by atoms with Gasteiger partial charge in [-0.15, -0.1) is 0 Å². The van der Waals surface area contributed by atoms with E-state index in [-0.39, 0.29) is 41.9 Å². The number of benzene rings is 1. The fourth-order valence-electron chi connectivity index (χ4n) is 3.52. The summed E-state index contributed by atoms with van der Waals surface area (Å²) in [5.74, 6) is -0.971. The molecular weight excluding hydrogens is 431 g/mol. The number of carbonyl (C=O) groups is 2. The van der Waals surface area contributed by atoms with Crippen LogP contribution >= 0.6 is 11.8 Å². The number of nitrogens with zero attached hydrogens (tertiary/aromatic N) is 3. The maximum Gasteiger partial charge on any atom is 0.406 e. The van der Waals surface area contributed by atoms with Crippen molar-refractivity contribution in [3.05, 3.63) is 36.5 Å². The zero-order valence-electron chi connectivity index (χ0n) is 17.1. The first-order valence-corrected chi connectivity index (χ1v) is 11.0. The second-order valence-electron chi connectivity index (χ2n) is 7.21. The van der Waals surface area contributed by atoms with Crippen molar-refractivity contribution >= 4 is 23.6 Å². The molecule has 2 heterocycles. The van der Waals surface area contributed by atoms with Crippen LogP contribution in [0, 0.1) is 5.92 Å². The summed E-state index contributed by atoms with van der Waals surface area (Å²) in [6.07, 6.45) is -1.69. The number of hydrogen-bond donors (Lipinski definition) is 0. The van der Waals surface area contributed by atoms with Crippen molar-refractivity contribution in [3.63, 3.8) is 0 Å². The van der Waals surface area contributed by atoms with Gasteiger partial charge in [-0.3, -0.25) is 9.59 Å². The van der Waals surface area contributed by atoms with Crippen LogP contribution in [0.3, 0.4) is 0 Å². The molecule has 1 fully saturated rings. The summed E-state index contributed by atoms with van der Waals surface area (Å²) in [6.45, 7) is 1.60. The number of ether oxygens (including phenoxy) is 1. The van der Waals surface area contributed by atoms with E-state index in [0.717, 1.165) is 16.3 Å². The van der Waals surface area contributed by atoms with E-state index in [9.17, 15) is 22.8 Å². The predicted molar refractivity (Wildman–Crippen MR) is 110 cm³/mol. The minimum Gasteiger partial charge on any atom is -0.466 e. The Labute approximate surface area is 182 Å². The van der Waals surface area contributed by atoms with Crippen LogP contribution in [0.1, 0.15) is 19.8 Å². The third-order valence-corrected chi connectivity index (χ3v) is 5.92. The summed E-state index contributed by atoms with van der Waals surface area (Å²) in [5.41, 5.74) is 0.957. The van der Waals surface area contributed by atoms with Crippen LogP contribution in [0.15, 0.2) is 41.7 Å². The van der Waals surface area contributed by atoms with Crippen LogP contribution < -0.4 is 0 Å². The van der Waals surface area contributed by atoms with E-state index in [1.165, 1.54) is 6.20 Å². The van der Waals surface area contributed by atoms with E-state index < -0.39 is 12.7 Å². The predicted octanol–water partition coefficient (Wildman–Crippen LogP) is 4.01. The van der Waals surface area contributed by atoms with Crippen LogP contribution in [0.4, 0.5) is 13.2 Å². The molecule has 0 bridgehead atoms. The topological polar surface area (TPSA) is 64.4 Å². The van der Waals surface area contributed by atoms with Crippen molar-refractivity contribution in [1.82, 2.24) is 14.5 Å². The van der Waals surface area contributed by atoms with Crippen LogP contribution in [0.25, 0.3) is 11.3 Å². The summed E-state index contributed by atoms with van der Waals surface area (Å²) >= 11 is 0.969. The van der Waals surface area contributed by atoms with Crippen LogP contribution in [0.2, 0.25) is 0 Å². The molecule has 1 amide bonds. The Kier molecular flexibility index (Phi) is 7.64. The molecule has 2 aromatic rings. The van der Waals surface area contributed by atoms with Gasteiger partial charge in [0.05, 0.1) is 30.2 Å². The van der Waals surface area contributed by atoms with Crippen molar-refractivity contribution in [2.24, 2.45) is 5.92 Å². The zero-order chi connectivity index (χ0) is 22.4. The fraction of sp³-hybridized carbons (Fsp3) is 0.476. The largest absolute Gasteiger partial charge is 0.466 e. The lowest BCUT2D eigenvalue weighted by atomic mass is 9.98. The van der Waals surface area contributed by atoms with Gasteiger partial charge in [0.25, 0.3) is 0 Å². The third kappa shape index (κ3) is 6.25. The molecule has 10 heteroatoms. The number of likely N-dealkylation sites (tertiary alicyclic amines) is 1. The van der Waals surface area contributed by atoms with Crippen LogP contribution in [-0.2, 0) is 20.9 Å². The number of imidazole rings is 1. The Hall–Kier alpha value is -2.49. The van der Waals surface area contributed by atoms with Gasteiger partial charge in [0, 0.05) is 13.1 Å². The zero-order valence-corrected chi connectivity index (χ0v) is 17.9. The van der Waals surface area contributed by atoms with Gasteiger partial charge < -0.3 is 14.2 Å². The number of amides is 1.